The number of fused-ring (bicyclic) bond motifs is 2. The molecule has 0 saturated carbocycles. The van der Waals surface area contributed by atoms with Crippen LogP contribution < -0.4 is 5.46 Å². The van der Waals surface area contributed by atoms with E-state index in [0.29, 0.717) is 5.46 Å². The van der Waals surface area contributed by atoms with Crippen molar-refractivity contribution in [3.05, 3.63) is 103 Å². The van der Waals surface area contributed by atoms with Gasteiger partial charge in [0.05, 0.1) is 0 Å². The van der Waals surface area contributed by atoms with E-state index in [2.05, 4.69) is 54.6 Å². The topological polar surface area (TPSA) is 40.5 Å². The van der Waals surface area contributed by atoms with Gasteiger partial charge in [-0.05, 0) is 61.4 Å². The zero-order valence-electron chi connectivity index (χ0n) is 15.8. The van der Waals surface area contributed by atoms with Gasteiger partial charge in [0.2, 0.25) is 0 Å². The molecule has 0 heterocycles. The van der Waals surface area contributed by atoms with E-state index in [0.717, 1.165) is 38.2 Å². The van der Waals surface area contributed by atoms with Crippen LogP contribution in [0.15, 0.2) is 103 Å². The van der Waals surface area contributed by atoms with Crippen molar-refractivity contribution in [3.63, 3.8) is 0 Å². The lowest BCUT2D eigenvalue weighted by Crippen LogP contribution is -2.30. The fraction of sp³-hybridized carbons (Fsp3) is 0. The fourth-order valence-corrected chi connectivity index (χ4v) is 4.13. The monoisotopic (exact) mass is 374 g/mol. The molecule has 0 saturated heterocycles. The second-order valence-corrected chi connectivity index (χ2v) is 7.24. The minimum absolute atomic E-state index is 0.522. The number of rotatable bonds is 3. The quantitative estimate of drug-likeness (QED) is 0.344. The lowest BCUT2D eigenvalue weighted by Gasteiger charge is -2.15. The van der Waals surface area contributed by atoms with Gasteiger partial charge in [-0.15, -0.1) is 0 Å². The van der Waals surface area contributed by atoms with E-state index in [1.165, 1.54) is 5.56 Å². The van der Waals surface area contributed by atoms with E-state index < -0.39 is 7.12 Å². The van der Waals surface area contributed by atoms with Crippen molar-refractivity contribution in [1.82, 2.24) is 0 Å². The maximum Gasteiger partial charge on any atom is 0.489 e. The molecule has 0 aliphatic heterocycles. The summed E-state index contributed by atoms with van der Waals surface area (Å²) in [6, 6.07) is 34.9. The first-order valence-corrected chi connectivity index (χ1v) is 9.69. The Hall–Kier alpha value is -3.40. The lowest BCUT2D eigenvalue weighted by atomic mass is 9.75. The Labute approximate surface area is 169 Å². The van der Waals surface area contributed by atoms with Gasteiger partial charge < -0.3 is 10.0 Å². The minimum atomic E-state index is -1.51. The molecule has 5 aromatic carbocycles. The molecule has 0 unspecified atom stereocenters. The van der Waals surface area contributed by atoms with Gasteiger partial charge in [-0.2, -0.15) is 0 Å². The van der Waals surface area contributed by atoms with Crippen molar-refractivity contribution in [2.45, 2.75) is 0 Å². The molecular formula is C26H19BO2. The Kier molecular flexibility index (Phi) is 4.40. The molecule has 0 aliphatic carbocycles. The fourth-order valence-electron chi connectivity index (χ4n) is 4.13. The highest BCUT2D eigenvalue weighted by Gasteiger charge is 2.18. The predicted octanol–water partition coefficient (Wildman–Crippen LogP) is 5.01. The summed E-state index contributed by atoms with van der Waals surface area (Å²) >= 11 is 0. The number of benzene rings is 5. The molecular weight excluding hydrogens is 355 g/mol. The summed E-state index contributed by atoms with van der Waals surface area (Å²) < 4.78 is 0. The Balaban J connectivity index is 1.85. The van der Waals surface area contributed by atoms with E-state index in [4.69, 9.17) is 0 Å². The molecule has 2 nitrogen and oxygen atoms in total. The summed E-state index contributed by atoms with van der Waals surface area (Å²) in [4.78, 5) is 0. The Bertz CT molecular complexity index is 1330. The highest BCUT2D eigenvalue weighted by atomic mass is 16.4. The predicted molar refractivity (Wildman–Crippen MR) is 122 cm³/mol. The van der Waals surface area contributed by atoms with Crippen molar-refractivity contribution in [3.8, 4) is 22.3 Å². The first kappa shape index (κ1) is 17.7. The molecule has 0 aromatic heterocycles. The van der Waals surface area contributed by atoms with Gasteiger partial charge in [0, 0.05) is 0 Å². The molecule has 2 N–H and O–H groups in total. The molecule has 0 amide bonds. The molecule has 138 valence electrons. The minimum Gasteiger partial charge on any atom is -0.423 e. The van der Waals surface area contributed by atoms with Crippen LogP contribution >= 0.6 is 0 Å². The summed E-state index contributed by atoms with van der Waals surface area (Å²) in [7, 11) is -1.51. The third kappa shape index (κ3) is 3.11. The smallest absolute Gasteiger partial charge is 0.423 e. The molecule has 29 heavy (non-hydrogen) atoms. The van der Waals surface area contributed by atoms with Gasteiger partial charge in [0.15, 0.2) is 0 Å². The average Bonchev–Trinajstić information content (AvgIpc) is 2.77. The van der Waals surface area contributed by atoms with Crippen LogP contribution in [-0.2, 0) is 0 Å². The summed E-state index contributed by atoms with van der Waals surface area (Å²) in [5.74, 6) is 0. The van der Waals surface area contributed by atoms with Crippen molar-refractivity contribution in [2.75, 3.05) is 0 Å². The Morgan fingerprint density at radius 3 is 1.97 bits per heavy atom. The maximum atomic E-state index is 9.90. The van der Waals surface area contributed by atoms with Crippen molar-refractivity contribution in [2.24, 2.45) is 0 Å². The SMILES string of the molecule is OB(O)c1cccc2c(-c3cccc(-c4ccccc4)c3)c3ccccc3cc12. The van der Waals surface area contributed by atoms with Gasteiger partial charge in [0.1, 0.15) is 0 Å². The molecule has 0 fully saturated rings. The van der Waals surface area contributed by atoms with E-state index >= 15 is 0 Å². The van der Waals surface area contributed by atoms with Gasteiger partial charge in [-0.3, -0.25) is 0 Å². The van der Waals surface area contributed by atoms with Crippen LogP contribution in [-0.4, -0.2) is 17.2 Å². The van der Waals surface area contributed by atoms with Gasteiger partial charge in [-0.1, -0.05) is 91.0 Å². The largest absolute Gasteiger partial charge is 0.489 e. The molecule has 0 radical (unpaired) electrons. The second-order valence-electron chi connectivity index (χ2n) is 7.24. The van der Waals surface area contributed by atoms with E-state index in [1.807, 2.05) is 42.5 Å². The molecule has 0 spiro atoms. The summed E-state index contributed by atoms with van der Waals surface area (Å²) in [5.41, 5.74) is 5.07. The molecule has 0 atom stereocenters. The lowest BCUT2D eigenvalue weighted by molar-refractivity contribution is 0.426. The molecule has 5 aromatic rings. The number of hydrogen-bond acceptors (Lipinski definition) is 2. The molecule has 0 aliphatic rings. The number of hydrogen-bond donors (Lipinski definition) is 2. The van der Waals surface area contributed by atoms with Crippen LogP contribution in [0.25, 0.3) is 43.8 Å². The Morgan fingerprint density at radius 2 is 1.14 bits per heavy atom. The van der Waals surface area contributed by atoms with Crippen LogP contribution in [0.5, 0.6) is 0 Å². The molecule has 3 heteroatoms. The first-order valence-electron chi connectivity index (χ1n) is 9.69. The van der Waals surface area contributed by atoms with E-state index in [-0.39, 0.29) is 0 Å². The van der Waals surface area contributed by atoms with Crippen molar-refractivity contribution >= 4 is 34.1 Å². The van der Waals surface area contributed by atoms with Crippen molar-refractivity contribution in [1.29, 1.82) is 0 Å². The summed E-state index contributed by atoms with van der Waals surface area (Å²) in [6.07, 6.45) is 0. The van der Waals surface area contributed by atoms with Gasteiger partial charge in [0.25, 0.3) is 0 Å². The van der Waals surface area contributed by atoms with Gasteiger partial charge >= 0.3 is 7.12 Å². The summed E-state index contributed by atoms with van der Waals surface area (Å²) in [6.45, 7) is 0. The zero-order chi connectivity index (χ0) is 19.8. The standard InChI is InChI=1S/C26H19BO2/c28-27(29)25-15-7-14-23-24(25)17-20-10-4-5-13-22(20)26(23)21-12-6-11-19(16-21)18-8-2-1-3-9-18/h1-17,28-29H. The normalized spacial score (nSPS) is 11.1. The first-order chi connectivity index (χ1) is 14.2. The van der Waals surface area contributed by atoms with Crippen LogP contribution in [0.3, 0.4) is 0 Å². The van der Waals surface area contributed by atoms with E-state index in [9.17, 15) is 10.0 Å². The average molecular weight is 374 g/mol. The van der Waals surface area contributed by atoms with Gasteiger partial charge in [-0.25, -0.2) is 0 Å². The molecule has 0 bridgehead atoms. The zero-order valence-corrected chi connectivity index (χ0v) is 15.8. The van der Waals surface area contributed by atoms with Crippen LogP contribution in [0.1, 0.15) is 0 Å². The van der Waals surface area contributed by atoms with Crippen LogP contribution in [0, 0.1) is 0 Å². The third-order valence-electron chi connectivity index (χ3n) is 5.48. The second kappa shape index (κ2) is 7.21. The van der Waals surface area contributed by atoms with Crippen molar-refractivity contribution < 1.29 is 10.0 Å². The highest BCUT2D eigenvalue weighted by molar-refractivity contribution is 6.62. The maximum absolute atomic E-state index is 9.90. The van der Waals surface area contributed by atoms with Crippen LogP contribution in [0.2, 0.25) is 0 Å². The van der Waals surface area contributed by atoms with E-state index in [1.54, 1.807) is 6.07 Å². The molecule has 5 rings (SSSR count). The Morgan fingerprint density at radius 1 is 0.483 bits per heavy atom. The third-order valence-corrected chi connectivity index (χ3v) is 5.48. The van der Waals surface area contributed by atoms with Crippen LogP contribution in [0.4, 0.5) is 0 Å². The summed E-state index contributed by atoms with van der Waals surface area (Å²) in [5, 5.41) is 23.9. The highest BCUT2D eigenvalue weighted by Crippen LogP contribution is 2.37.